The van der Waals surface area contributed by atoms with Crippen LogP contribution in [0.15, 0.2) is 6.07 Å². The van der Waals surface area contributed by atoms with Crippen LogP contribution in [0.5, 0.6) is 11.9 Å². The molecule has 0 amide bonds. The molecular weight excluding hydrogens is 450 g/mol. The van der Waals surface area contributed by atoms with Crippen molar-refractivity contribution in [1.29, 1.82) is 0 Å². The van der Waals surface area contributed by atoms with Crippen LogP contribution in [0.1, 0.15) is 53.7 Å². The molecule has 0 fully saturated rings. The minimum Gasteiger partial charge on any atom is -0.475 e. The Labute approximate surface area is 177 Å². The third kappa shape index (κ3) is 50.1. The molecule has 0 radical (unpaired) electrons. The summed E-state index contributed by atoms with van der Waals surface area (Å²) in [6, 6.07) is 2.12. The Morgan fingerprint density at radius 1 is 0.964 bits per heavy atom. The molecule has 1 heterocycles. The Balaban J connectivity index is -0.000000160. The summed E-state index contributed by atoms with van der Waals surface area (Å²) in [6.45, 7) is 6.41. The first-order chi connectivity index (χ1) is 12.5. The standard InChI is InChI=1S/C9H14N2O2.C3H8.C2H6.2H3O3PS/c1-6(2)13-8-5-7(3)10-9(11-8)12-4;1-3-2;1-2;2*1-4(2,3)5/h5-6H,1-4H3;3H2,1-2H3;1-2H3;2*(H3,1,2,3,5). The molecule has 14 heteroatoms. The predicted octanol–water partition coefficient (Wildman–Crippen LogP) is 2.40. The van der Waals surface area contributed by atoms with Gasteiger partial charge in [-0.3, -0.25) is 0 Å². The number of ether oxygens (including phenoxy) is 2. The molecule has 0 saturated carbocycles. The van der Waals surface area contributed by atoms with Gasteiger partial charge >= 0.3 is 19.4 Å². The molecule has 0 unspecified atom stereocenters. The lowest BCUT2D eigenvalue weighted by Crippen LogP contribution is -2.08. The van der Waals surface area contributed by atoms with Gasteiger partial charge in [0.05, 0.1) is 13.2 Å². The van der Waals surface area contributed by atoms with Gasteiger partial charge in [-0.25, -0.2) is 4.98 Å². The minimum atomic E-state index is -3.81. The number of nitrogens with zero attached hydrogens (tertiary/aromatic N) is 2. The first-order valence-electron chi connectivity index (χ1n) is 8.16. The van der Waals surface area contributed by atoms with Crippen LogP contribution in [-0.2, 0) is 23.6 Å². The van der Waals surface area contributed by atoms with E-state index < -0.39 is 13.4 Å². The fourth-order valence-electron chi connectivity index (χ4n) is 0.907. The highest BCUT2D eigenvalue weighted by Gasteiger charge is 2.04. The fraction of sp³-hybridized carbons (Fsp3) is 0.714. The van der Waals surface area contributed by atoms with Crippen molar-refractivity contribution >= 4 is 37.1 Å². The van der Waals surface area contributed by atoms with Gasteiger partial charge in [0.2, 0.25) is 5.88 Å². The minimum absolute atomic E-state index is 0.110. The van der Waals surface area contributed by atoms with Crippen molar-refractivity contribution in [3.8, 4) is 11.9 Å². The maximum absolute atomic E-state index is 7.56. The third-order valence-corrected chi connectivity index (χ3v) is 1.35. The van der Waals surface area contributed by atoms with Crippen LogP contribution in [0, 0.1) is 6.92 Å². The highest BCUT2D eigenvalue weighted by Crippen LogP contribution is 2.27. The predicted molar refractivity (Wildman–Crippen MR) is 118 cm³/mol. The zero-order valence-corrected chi connectivity index (χ0v) is 20.9. The van der Waals surface area contributed by atoms with E-state index in [1.807, 2.05) is 34.6 Å². The molecule has 10 nitrogen and oxygen atoms in total. The Morgan fingerprint density at radius 2 is 1.29 bits per heavy atom. The van der Waals surface area contributed by atoms with E-state index in [1.165, 1.54) is 13.5 Å². The van der Waals surface area contributed by atoms with Crippen LogP contribution in [0.25, 0.3) is 0 Å². The van der Waals surface area contributed by atoms with Gasteiger partial charge < -0.3 is 38.8 Å². The number of hydrogen-bond donors (Lipinski definition) is 6. The van der Waals surface area contributed by atoms with Gasteiger partial charge in [0.15, 0.2) is 0 Å². The van der Waals surface area contributed by atoms with Crippen molar-refractivity contribution in [2.45, 2.75) is 61.0 Å². The van der Waals surface area contributed by atoms with E-state index in [-0.39, 0.29) is 6.10 Å². The fourth-order valence-corrected chi connectivity index (χ4v) is 0.907. The third-order valence-electron chi connectivity index (χ3n) is 1.35. The molecule has 0 aliphatic rings. The molecule has 28 heavy (non-hydrogen) atoms. The molecule has 1 aromatic heterocycles. The van der Waals surface area contributed by atoms with E-state index in [0.717, 1.165) is 5.69 Å². The van der Waals surface area contributed by atoms with Crippen molar-refractivity contribution in [3.63, 3.8) is 0 Å². The summed E-state index contributed by atoms with van der Waals surface area (Å²) in [4.78, 5) is 53.4. The van der Waals surface area contributed by atoms with Crippen LogP contribution in [0.3, 0.4) is 0 Å². The second-order valence-corrected chi connectivity index (χ2v) is 9.73. The first-order valence-corrected chi connectivity index (χ1v) is 13.5. The number of methoxy groups -OCH3 is 1. The second kappa shape index (κ2) is 20.0. The van der Waals surface area contributed by atoms with Crippen LogP contribution < -0.4 is 9.47 Å². The van der Waals surface area contributed by atoms with E-state index >= 15 is 0 Å². The highest BCUT2D eigenvalue weighted by molar-refractivity contribution is 8.06. The van der Waals surface area contributed by atoms with E-state index in [9.17, 15) is 0 Å². The molecular formula is C14H34N2O8P2S2. The summed E-state index contributed by atoms with van der Waals surface area (Å²) in [5, 5.41) is 0. The lowest BCUT2D eigenvalue weighted by molar-refractivity contribution is 0.227. The summed E-state index contributed by atoms with van der Waals surface area (Å²) in [7, 11) is 1.54. The maximum Gasteiger partial charge on any atom is 0.319 e. The normalized spacial score (nSPS) is 9.82. The lowest BCUT2D eigenvalue weighted by atomic mass is 10.4. The van der Waals surface area contributed by atoms with E-state index in [0.29, 0.717) is 11.9 Å². The van der Waals surface area contributed by atoms with Crippen molar-refractivity contribution in [2.24, 2.45) is 0 Å². The zero-order valence-electron chi connectivity index (χ0n) is 17.5. The average molecular weight is 485 g/mol. The van der Waals surface area contributed by atoms with Gasteiger partial charge in [-0.2, -0.15) is 4.98 Å². The number of aryl methyl sites for hydroxylation is 1. The van der Waals surface area contributed by atoms with Crippen LogP contribution in [0.2, 0.25) is 0 Å². The van der Waals surface area contributed by atoms with Crippen molar-refractivity contribution < 1.29 is 38.8 Å². The van der Waals surface area contributed by atoms with Crippen LogP contribution in [-0.4, -0.2) is 52.5 Å². The molecule has 0 bridgehead atoms. The number of hydrogen-bond acceptors (Lipinski definition) is 6. The Hall–Kier alpha value is -0.260. The Kier molecular flexibility index (Phi) is 25.2. The van der Waals surface area contributed by atoms with Gasteiger partial charge in [-0.1, -0.05) is 34.1 Å². The monoisotopic (exact) mass is 484 g/mol. The van der Waals surface area contributed by atoms with Gasteiger partial charge in [0.1, 0.15) is 0 Å². The van der Waals surface area contributed by atoms with Gasteiger partial charge in [0, 0.05) is 11.8 Å². The molecule has 0 aliphatic carbocycles. The van der Waals surface area contributed by atoms with Gasteiger partial charge in [-0.15, -0.1) is 0 Å². The quantitative estimate of drug-likeness (QED) is 0.347. The van der Waals surface area contributed by atoms with E-state index in [4.69, 9.17) is 38.8 Å². The van der Waals surface area contributed by atoms with Gasteiger partial charge in [0.25, 0.3) is 0 Å². The molecule has 1 aromatic rings. The summed E-state index contributed by atoms with van der Waals surface area (Å²) in [6.07, 6.45) is 1.36. The van der Waals surface area contributed by atoms with Crippen molar-refractivity contribution in [2.75, 3.05) is 7.11 Å². The van der Waals surface area contributed by atoms with Crippen molar-refractivity contribution in [3.05, 3.63) is 11.8 Å². The van der Waals surface area contributed by atoms with Gasteiger partial charge in [-0.05, 0) is 44.4 Å². The maximum atomic E-state index is 7.56. The highest BCUT2D eigenvalue weighted by atomic mass is 32.5. The average Bonchev–Trinajstić information content (AvgIpc) is 2.45. The number of rotatable bonds is 3. The summed E-state index contributed by atoms with van der Waals surface area (Å²) in [5.41, 5.74) is 0.836. The number of aromatic nitrogens is 2. The topological polar surface area (TPSA) is 166 Å². The van der Waals surface area contributed by atoms with Crippen molar-refractivity contribution in [1.82, 2.24) is 9.97 Å². The summed E-state index contributed by atoms with van der Waals surface area (Å²) >= 11 is 7.21. The molecule has 0 atom stereocenters. The molecule has 1 rings (SSSR count). The second-order valence-electron chi connectivity index (χ2n) is 4.73. The Bertz CT molecular complexity index is 546. The molecule has 6 N–H and O–H groups in total. The van der Waals surface area contributed by atoms with E-state index in [1.54, 1.807) is 6.07 Å². The van der Waals surface area contributed by atoms with Crippen LogP contribution >= 0.6 is 13.4 Å². The lowest BCUT2D eigenvalue weighted by Gasteiger charge is -2.09. The molecule has 0 aromatic carbocycles. The SMILES string of the molecule is CC.CCC.COc1nc(C)cc(OC(C)C)n1.OP(O)(O)=S.OP(O)(O)=S. The molecule has 0 saturated heterocycles. The largest absolute Gasteiger partial charge is 0.475 e. The summed E-state index contributed by atoms with van der Waals surface area (Å²) < 4.78 is 10.3. The first kappa shape index (κ1) is 35.2. The molecule has 0 spiro atoms. The molecule has 170 valence electrons. The summed E-state index contributed by atoms with van der Waals surface area (Å²) in [5.74, 6) is 0.555. The van der Waals surface area contributed by atoms with Crippen LogP contribution in [0.4, 0.5) is 0 Å². The zero-order chi connectivity index (χ0) is 23.6. The molecule has 0 aliphatic heterocycles. The van der Waals surface area contributed by atoms with E-state index in [2.05, 4.69) is 47.4 Å². The Morgan fingerprint density at radius 3 is 1.54 bits per heavy atom. The smallest absolute Gasteiger partial charge is 0.319 e.